The van der Waals surface area contributed by atoms with E-state index in [1.807, 2.05) is 12.2 Å². The molecule has 0 fully saturated rings. The summed E-state index contributed by atoms with van der Waals surface area (Å²) in [7, 11) is 0. The normalized spacial score (nSPS) is 11.2. The molecule has 11 heavy (non-hydrogen) atoms. The van der Waals surface area contributed by atoms with Crippen LogP contribution in [0.3, 0.4) is 0 Å². The van der Waals surface area contributed by atoms with Crippen LogP contribution in [0.5, 0.6) is 0 Å². The molecule has 0 aliphatic heterocycles. The average molecular weight is 150 g/mol. The Bertz CT molecular complexity index is 140. The van der Waals surface area contributed by atoms with E-state index in [0.717, 1.165) is 19.3 Å². The molecule has 62 valence electrons. The molecule has 0 heterocycles. The van der Waals surface area contributed by atoms with Crippen LogP contribution in [0, 0.1) is 0 Å². The van der Waals surface area contributed by atoms with Crippen LogP contribution < -0.4 is 0 Å². The minimum atomic E-state index is 1.07. The standard InChI is InChI=1S/C11H18/c1-4-7-8-10-11(6-3)9-5-2/h4,6,10H,1,3,5,7-9H2,2H3. The Balaban J connectivity index is 3.69. The highest BCUT2D eigenvalue weighted by atomic mass is 13.9. The molecule has 0 atom stereocenters. The van der Waals surface area contributed by atoms with Gasteiger partial charge in [0.2, 0.25) is 0 Å². The molecular weight excluding hydrogens is 132 g/mol. The van der Waals surface area contributed by atoms with Crippen LogP contribution in [-0.4, -0.2) is 0 Å². The SMILES string of the molecule is C=CCCC=C(C=C)CCC. The first kappa shape index (κ1) is 10.2. The van der Waals surface area contributed by atoms with Gasteiger partial charge >= 0.3 is 0 Å². The third-order valence-electron chi connectivity index (χ3n) is 1.58. The predicted octanol–water partition coefficient (Wildman–Crippen LogP) is 3.87. The number of unbranched alkanes of at least 4 members (excludes halogenated alkanes) is 1. The first-order valence-corrected chi connectivity index (χ1v) is 4.27. The lowest BCUT2D eigenvalue weighted by Crippen LogP contribution is -1.76. The molecule has 0 radical (unpaired) electrons. The van der Waals surface area contributed by atoms with Gasteiger partial charge in [0.05, 0.1) is 0 Å². The minimum absolute atomic E-state index is 1.07. The minimum Gasteiger partial charge on any atom is -0.103 e. The van der Waals surface area contributed by atoms with Crippen molar-refractivity contribution in [2.75, 3.05) is 0 Å². The van der Waals surface area contributed by atoms with Crippen molar-refractivity contribution < 1.29 is 0 Å². The van der Waals surface area contributed by atoms with E-state index in [-0.39, 0.29) is 0 Å². The van der Waals surface area contributed by atoms with Crippen molar-refractivity contribution in [2.24, 2.45) is 0 Å². The zero-order chi connectivity index (χ0) is 8.53. The summed E-state index contributed by atoms with van der Waals surface area (Å²) in [5.41, 5.74) is 1.37. The van der Waals surface area contributed by atoms with Gasteiger partial charge in [-0.25, -0.2) is 0 Å². The van der Waals surface area contributed by atoms with E-state index in [2.05, 4.69) is 26.2 Å². The first-order chi connectivity index (χ1) is 5.35. The highest BCUT2D eigenvalue weighted by molar-refractivity contribution is 5.15. The third-order valence-corrected chi connectivity index (χ3v) is 1.58. The van der Waals surface area contributed by atoms with E-state index in [9.17, 15) is 0 Å². The molecule has 0 unspecified atom stereocenters. The summed E-state index contributed by atoms with van der Waals surface area (Å²) in [6.07, 6.45) is 10.7. The number of hydrogen-bond donors (Lipinski definition) is 0. The lowest BCUT2D eigenvalue weighted by molar-refractivity contribution is 0.910. The van der Waals surface area contributed by atoms with Gasteiger partial charge in [0.1, 0.15) is 0 Å². The molecule has 0 N–H and O–H groups in total. The molecule has 0 spiro atoms. The first-order valence-electron chi connectivity index (χ1n) is 4.27. The fraction of sp³-hybridized carbons (Fsp3) is 0.455. The summed E-state index contributed by atoms with van der Waals surface area (Å²) in [4.78, 5) is 0. The molecule has 0 aromatic rings. The second-order valence-electron chi connectivity index (χ2n) is 2.60. The maximum absolute atomic E-state index is 3.76. The molecule has 0 nitrogen and oxygen atoms in total. The van der Waals surface area contributed by atoms with Gasteiger partial charge in [-0.3, -0.25) is 0 Å². The molecule has 0 saturated carbocycles. The quantitative estimate of drug-likeness (QED) is 0.306. The molecular formula is C11H18. The molecule has 0 aliphatic rings. The van der Waals surface area contributed by atoms with Crippen LogP contribution in [0.2, 0.25) is 0 Å². The second-order valence-corrected chi connectivity index (χ2v) is 2.60. The number of hydrogen-bond acceptors (Lipinski definition) is 0. The summed E-state index contributed by atoms with van der Waals surface area (Å²) < 4.78 is 0. The van der Waals surface area contributed by atoms with Crippen LogP contribution in [0.4, 0.5) is 0 Å². The van der Waals surface area contributed by atoms with Gasteiger partial charge in [0.15, 0.2) is 0 Å². The lowest BCUT2D eigenvalue weighted by atomic mass is 10.1. The van der Waals surface area contributed by atoms with E-state index in [0.29, 0.717) is 0 Å². The molecule has 0 aliphatic carbocycles. The summed E-state index contributed by atoms with van der Waals surface area (Å²) in [5.74, 6) is 0. The van der Waals surface area contributed by atoms with Gasteiger partial charge < -0.3 is 0 Å². The predicted molar refractivity (Wildman–Crippen MR) is 52.6 cm³/mol. The summed E-state index contributed by atoms with van der Waals surface area (Å²) in [6, 6.07) is 0. The Labute approximate surface area is 70.3 Å². The van der Waals surface area contributed by atoms with Crippen molar-refractivity contribution in [2.45, 2.75) is 32.6 Å². The fourth-order valence-electron chi connectivity index (χ4n) is 0.963. The monoisotopic (exact) mass is 150 g/mol. The molecule has 0 heteroatoms. The van der Waals surface area contributed by atoms with Crippen molar-refractivity contribution in [3.63, 3.8) is 0 Å². The Kier molecular flexibility index (Phi) is 6.81. The van der Waals surface area contributed by atoms with Crippen LogP contribution in [-0.2, 0) is 0 Å². The summed E-state index contributed by atoms with van der Waals surface area (Å²) in [6.45, 7) is 9.62. The maximum Gasteiger partial charge on any atom is -0.0285 e. The van der Waals surface area contributed by atoms with Gasteiger partial charge in [0.25, 0.3) is 0 Å². The van der Waals surface area contributed by atoms with Crippen molar-refractivity contribution in [3.05, 3.63) is 37.0 Å². The van der Waals surface area contributed by atoms with Gasteiger partial charge in [-0.2, -0.15) is 0 Å². The highest BCUT2D eigenvalue weighted by Crippen LogP contribution is 2.07. The number of rotatable bonds is 6. The Morgan fingerprint density at radius 2 is 2.00 bits per heavy atom. The highest BCUT2D eigenvalue weighted by Gasteiger charge is 1.87. The topological polar surface area (TPSA) is 0 Å². The van der Waals surface area contributed by atoms with Gasteiger partial charge in [0, 0.05) is 0 Å². The van der Waals surface area contributed by atoms with E-state index >= 15 is 0 Å². The zero-order valence-corrected chi connectivity index (χ0v) is 7.47. The molecule has 0 aromatic carbocycles. The summed E-state index contributed by atoms with van der Waals surface area (Å²) >= 11 is 0. The molecule has 0 bridgehead atoms. The van der Waals surface area contributed by atoms with Crippen LogP contribution in [0.1, 0.15) is 32.6 Å². The van der Waals surface area contributed by atoms with Crippen LogP contribution in [0.15, 0.2) is 37.0 Å². The smallest absolute Gasteiger partial charge is 0.0285 e. The van der Waals surface area contributed by atoms with Crippen molar-refractivity contribution in [1.82, 2.24) is 0 Å². The third kappa shape index (κ3) is 5.65. The Morgan fingerprint density at radius 1 is 1.27 bits per heavy atom. The largest absolute Gasteiger partial charge is 0.103 e. The van der Waals surface area contributed by atoms with Crippen LogP contribution >= 0.6 is 0 Å². The molecule has 0 rings (SSSR count). The van der Waals surface area contributed by atoms with Crippen molar-refractivity contribution in [1.29, 1.82) is 0 Å². The molecule has 0 saturated heterocycles. The Morgan fingerprint density at radius 3 is 2.45 bits per heavy atom. The lowest BCUT2D eigenvalue weighted by Gasteiger charge is -1.97. The molecule has 0 aromatic heterocycles. The average Bonchev–Trinajstić information content (AvgIpc) is 2.03. The van der Waals surface area contributed by atoms with Gasteiger partial charge in [-0.1, -0.05) is 43.7 Å². The maximum atomic E-state index is 3.76. The van der Waals surface area contributed by atoms with Crippen LogP contribution in [0.25, 0.3) is 0 Å². The van der Waals surface area contributed by atoms with Crippen molar-refractivity contribution >= 4 is 0 Å². The van der Waals surface area contributed by atoms with E-state index in [1.54, 1.807) is 0 Å². The van der Waals surface area contributed by atoms with Gasteiger partial charge in [-0.05, 0) is 19.3 Å². The van der Waals surface area contributed by atoms with E-state index < -0.39 is 0 Å². The summed E-state index contributed by atoms with van der Waals surface area (Å²) in [5, 5.41) is 0. The number of allylic oxidation sites excluding steroid dienone is 4. The fourth-order valence-corrected chi connectivity index (χ4v) is 0.963. The zero-order valence-electron chi connectivity index (χ0n) is 7.47. The molecule has 0 amide bonds. The van der Waals surface area contributed by atoms with E-state index in [4.69, 9.17) is 0 Å². The second kappa shape index (κ2) is 7.33. The van der Waals surface area contributed by atoms with E-state index in [1.165, 1.54) is 12.0 Å². The van der Waals surface area contributed by atoms with Gasteiger partial charge in [-0.15, -0.1) is 6.58 Å². The Hall–Kier alpha value is -0.780. The van der Waals surface area contributed by atoms with Crippen molar-refractivity contribution in [3.8, 4) is 0 Å².